The maximum Gasteiger partial charge on any atom is 0.325 e. The molecule has 1 aliphatic rings. The molecular weight excluding hydrogens is 332 g/mol. The molecule has 2 aromatic rings. The van der Waals surface area contributed by atoms with E-state index in [1.54, 1.807) is 31.4 Å². The van der Waals surface area contributed by atoms with Crippen molar-refractivity contribution in [3.8, 4) is 11.5 Å². The van der Waals surface area contributed by atoms with Crippen molar-refractivity contribution in [1.29, 1.82) is 0 Å². The zero-order valence-electron chi connectivity index (χ0n) is 13.9. The Morgan fingerprint density at radius 2 is 1.96 bits per heavy atom. The maximum atomic E-state index is 12.3. The van der Waals surface area contributed by atoms with Crippen LogP contribution in [0.3, 0.4) is 0 Å². The number of fused-ring (bicyclic) bond motifs is 2. The Morgan fingerprint density at radius 3 is 2.58 bits per heavy atom. The summed E-state index contributed by atoms with van der Waals surface area (Å²) in [6.45, 7) is 5.53. The minimum atomic E-state index is -0.604. The molecule has 2 heterocycles. The van der Waals surface area contributed by atoms with Gasteiger partial charge in [0.2, 0.25) is 6.79 Å². The monoisotopic (exact) mass is 350 g/mol. The molecule has 3 rings (SSSR count). The predicted molar refractivity (Wildman–Crippen MR) is 88.0 cm³/mol. The lowest BCUT2D eigenvalue weighted by Gasteiger charge is -2.11. The van der Waals surface area contributed by atoms with E-state index in [1.807, 2.05) is 6.07 Å². The van der Waals surface area contributed by atoms with Crippen LogP contribution in [0.1, 0.15) is 20.8 Å². The second-order valence-electron chi connectivity index (χ2n) is 6.39. The molecule has 0 radical (unpaired) electrons. The molecule has 0 unspecified atom stereocenters. The molecule has 1 aromatic heterocycles. The third kappa shape index (κ3) is 3.01. The van der Waals surface area contributed by atoms with Crippen LogP contribution in [0, 0.1) is 5.41 Å². The molecule has 0 N–H and O–H groups in total. The lowest BCUT2D eigenvalue weighted by molar-refractivity contribution is -0.141. The van der Waals surface area contributed by atoms with Crippen molar-refractivity contribution < 1.29 is 23.8 Å². The van der Waals surface area contributed by atoms with Gasteiger partial charge >= 0.3 is 5.97 Å². The number of hydrogen-bond acceptors (Lipinski definition) is 6. The van der Waals surface area contributed by atoms with Crippen molar-refractivity contribution in [2.45, 2.75) is 27.3 Å². The molecule has 0 fully saturated rings. The molecule has 8 heteroatoms. The summed E-state index contributed by atoms with van der Waals surface area (Å²) in [5.41, 5.74) is 0.142. The van der Waals surface area contributed by atoms with E-state index >= 15 is 0 Å². The summed E-state index contributed by atoms with van der Waals surface area (Å²) in [6.07, 6.45) is 0. The number of carbonyl (C=O) groups excluding carboxylic acids is 2. The van der Waals surface area contributed by atoms with Gasteiger partial charge in [-0.3, -0.25) is 9.59 Å². The largest absolute Gasteiger partial charge is 0.468 e. The fourth-order valence-corrected chi connectivity index (χ4v) is 3.18. The van der Waals surface area contributed by atoms with Crippen LogP contribution in [0.15, 0.2) is 17.1 Å². The Bertz CT molecular complexity index is 888. The summed E-state index contributed by atoms with van der Waals surface area (Å²) in [5, 5.41) is 0. The number of hydrogen-bond donors (Lipinski definition) is 0. The zero-order valence-corrected chi connectivity index (χ0v) is 14.7. The average Bonchev–Trinajstić information content (AvgIpc) is 3.08. The summed E-state index contributed by atoms with van der Waals surface area (Å²) < 4.78 is 18.0. The van der Waals surface area contributed by atoms with Crippen LogP contribution in [0.4, 0.5) is 0 Å². The van der Waals surface area contributed by atoms with Gasteiger partial charge in [0.05, 0.1) is 17.3 Å². The van der Waals surface area contributed by atoms with Crippen molar-refractivity contribution >= 4 is 33.4 Å². The van der Waals surface area contributed by atoms with Crippen LogP contribution in [0.2, 0.25) is 0 Å². The van der Waals surface area contributed by atoms with Gasteiger partial charge in [-0.05, 0) is 0 Å². The van der Waals surface area contributed by atoms with Crippen molar-refractivity contribution in [2.75, 3.05) is 13.9 Å². The SMILES string of the molecule is COC(=O)Cn1c(=NC(=O)C(C)(C)C)sc2cc3c(cc21)OCO3. The van der Waals surface area contributed by atoms with Gasteiger partial charge in [-0.2, -0.15) is 4.99 Å². The van der Waals surface area contributed by atoms with E-state index in [4.69, 9.17) is 14.2 Å². The Balaban J connectivity index is 2.20. The highest BCUT2D eigenvalue weighted by Crippen LogP contribution is 2.37. The molecular formula is C16H18N2O5S. The van der Waals surface area contributed by atoms with E-state index in [0.29, 0.717) is 16.3 Å². The van der Waals surface area contributed by atoms with E-state index in [2.05, 4.69) is 4.99 Å². The van der Waals surface area contributed by atoms with Crippen LogP contribution in [-0.2, 0) is 20.9 Å². The number of esters is 1. The minimum absolute atomic E-state index is 0.0353. The Kier molecular flexibility index (Phi) is 4.08. The molecule has 0 saturated heterocycles. The number of amides is 1. The van der Waals surface area contributed by atoms with Crippen LogP contribution in [0.5, 0.6) is 11.5 Å². The first-order chi connectivity index (χ1) is 11.3. The number of methoxy groups -OCH3 is 1. The molecule has 0 atom stereocenters. The quantitative estimate of drug-likeness (QED) is 0.775. The Hall–Kier alpha value is -2.35. The highest BCUT2D eigenvalue weighted by molar-refractivity contribution is 7.16. The summed E-state index contributed by atoms with van der Waals surface area (Å²) in [7, 11) is 1.32. The maximum absolute atomic E-state index is 12.3. The first kappa shape index (κ1) is 16.5. The summed E-state index contributed by atoms with van der Waals surface area (Å²) >= 11 is 1.32. The number of carbonyl (C=O) groups is 2. The van der Waals surface area contributed by atoms with Crippen LogP contribution in [0.25, 0.3) is 10.2 Å². The molecule has 0 bridgehead atoms. The highest BCUT2D eigenvalue weighted by Gasteiger charge is 2.23. The van der Waals surface area contributed by atoms with Crippen LogP contribution < -0.4 is 14.3 Å². The molecule has 0 saturated carbocycles. The normalized spacial score (nSPS) is 14.2. The average molecular weight is 350 g/mol. The lowest BCUT2D eigenvalue weighted by atomic mass is 9.96. The number of nitrogens with zero attached hydrogens (tertiary/aromatic N) is 2. The smallest absolute Gasteiger partial charge is 0.325 e. The van der Waals surface area contributed by atoms with Gasteiger partial charge in [0.25, 0.3) is 5.91 Å². The molecule has 0 aliphatic carbocycles. The van der Waals surface area contributed by atoms with Crippen molar-refractivity contribution in [1.82, 2.24) is 4.57 Å². The van der Waals surface area contributed by atoms with E-state index < -0.39 is 11.4 Å². The fourth-order valence-electron chi connectivity index (χ4n) is 2.15. The van der Waals surface area contributed by atoms with Crippen molar-refractivity contribution in [3.05, 3.63) is 16.9 Å². The number of rotatable bonds is 2. The first-order valence-corrected chi connectivity index (χ1v) is 8.20. The number of ether oxygens (including phenoxy) is 3. The molecule has 1 aliphatic heterocycles. The number of aromatic nitrogens is 1. The Labute approximate surface area is 142 Å². The first-order valence-electron chi connectivity index (χ1n) is 7.38. The van der Waals surface area contributed by atoms with E-state index in [9.17, 15) is 9.59 Å². The van der Waals surface area contributed by atoms with Gasteiger partial charge in [-0.1, -0.05) is 32.1 Å². The van der Waals surface area contributed by atoms with Crippen molar-refractivity contribution in [2.24, 2.45) is 10.4 Å². The topological polar surface area (TPSA) is 79.1 Å². The van der Waals surface area contributed by atoms with E-state index in [-0.39, 0.29) is 19.2 Å². The molecule has 128 valence electrons. The van der Waals surface area contributed by atoms with Crippen molar-refractivity contribution in [3.63, 3.8) is 0 Å². The van der Waals surface area contributed by atoms with E-state index in [1.165, 1.54) is 18.4 Å². The third-order valence-electron chi connectivity index (χ3n) is 3.53. The zero-order chi connectivity index (χ0) is 17.5. The summed E-state index contributed by atoms with van der Waals surface area (Å²) in [5.74, 6) is 0.569. The Morgan fingerprint density at radius 1 is 1.29 bits per heavy atom. The van der Waals surface area contributed by atoms with Gasteiger partial charge in [0.1, 0.15) is 6.54 Å². The standard InChI is InChI=1S/C16H18N2O5S/c1-16(2,3)14(20)17-15-18(7-13(19)21-4)9-5-10-11(23-8-22-10)6-12(9)24-15/h5-6H,7-8H2,1-4H3. The molecule has 1 aromatic carbocycles. The molecule has 1 amide bonds. The minimum Gasteiger partial charge on any atom is -0.468 e. The second-order valence-corrected chi connectivity index (χ2v) is 7.40. The van der Waals surface area contributed by atoms with Gasteiger partial charge in [0, 0.05) is 17.5 Å². The third-order valence-corrected chi connectivity index (χ3v) is 4.57. The predicted octanol–water partition coefficient (Wildman–Crippen LogP) is 2.08. The number of thiazole rings is 1. The fraction of sp³-hybridized carbons (Fsp3) is 0.438. The molecule has 0 spiro atoms. The van der Waals surface area contributed by atoms with Gasteiger partial charge in [0.15, 0.2) is 16.3 Å². The lowest BCUT2D eigenvalue weighted by Crippen LogP contribution is -2.26. The van der Waals surface area contributed by atoms with Gasteiger partial charge in [-0.25, -0.2) is 0 Å². The van der Waals surface area contributed by atoms with E-state index in [0.717, 1.165) is 10.2 Å². The molecule has 7 nitrogen and oxygen atoms in total. The molecule has 24 heavy (non-hydrogen) atoms. The second kappa shape index (κ2) is 5.94. The summed E-state index contributed by atoms with van der Waals surface area (Å²) in [6, 6.07) is 3.62. The van der Waals surface area contributed by atoms with Gasteiger partial charge in [-0.15, -0.1) is 0 Å². The number of benzene rings is 1. The van der Waals surface area contributed by atoms with Crippen LogP contribution >= 0.6 is 11.3 Å². The van der Waals surface area contributed by atoms with Crippen LogP contribution in [-0.4, -0.2) is 30.3 Å². The highest BCUT2D eigenvalue weighted by atomic mass is 32.1. The summed E-state index contributed by atoms with van der Waals surface area (Å²) in [4.78, 5) is 28.7. The van der Waals surface area contributed by atoms with Gasteiger partial charge < -0.3 is 18.8 Å².